The maximum atomic E-state index is 13.2. The SMILES string of the molecule is CC(=O)c1sc(N2C(=O)C(O)=C(C(=O)/C=C/c3ccccc3)C2c2ccc(Cl)cc2)nc1C. The minimum absolute atomic E-state index is 0.0632. The molecule has 0 saturated carbocycles. The molecule has 0 radical (unpaired) electrons. The van der Waals surface area contributed by atoms with E-state index in [1.807, 2.05) is 30.3 Å². The van der Waals surface area contributed by atoms with Gasteiger partial charge < -0.3 is 5.11 Å². The number of benzene rings is 2. The van der Waals surface area contributed by atoms with Gasteiger partial charge in [0.15, 0.2) is 22.5 Å². The van der Waals surface area contributed by atoms with Crippen LogP contribution in [0.15, 0.2) is 72.0 Å². The van der Waals surface area contributed by atoms with E-state index in [0.717, 1.165) is 16.9 Å². The van der Waals surface area contributed by atoms with E-state index in [0.29, 0.717) is 21.2 Å². The number of ketones is 2. The molecule has 2 aromatic carbocycles. The van der Waals surface area contributed by atoms with Crippen molar-refractivity contribution in [3.63, 3.8) is 0 Å². The van der Waals surface area contributed by atoms with Crippen LogP contribution in [0, 0.1) is 6.92 Å². The van der Waals surface area contributed by atoms with Gasteiger partial charge in [-0.15, -0.1) is 0 Å². The first kappa shape index (κ1) is 22.6. The minimum atomic E-state index is -0.923. The molecule has 2 heterocycles. The molecule has 33 heavy (non-hydrogen) atoms. The van der Waals surface area contributed by atoms with Crippen molar-refractivity contribution in [1.29, 1.82) is 0 Å². The highest BCUT2D eigenvalue weighted by Crippen LogP contribution is 2.43. The van der Waals surface area contributed by atoms with Crippen molar-refractivity contribution >= 4 is 51.6 Å². The fourth-order valence-corrected chi connectivity index (χ4v) is 4.77. The van der Waals surface area contributed by atoms with Gasteiger partial charge in [-0.25, -0.2) is 4.98 Å². The third-order valence-corrected chi connectivity index (χ3v) is 6.71. The van der Waals surface area contributed by atoms with Crippen LogP contribution in [0.2, 0.25) is 5.02 Å². The van der Waals surface area contributed by atoms with Crippen LogP contribution in [0.1, 0.15) is 39.5 Å². The molecule has 0 spiro atoms. The van der Waals surface area contributed by atoms with Crippen molar-refractivity contribution in [2.45, 2.75) is 19.9 Å². The number of aryl methyl sites for hydroxylation is 1. The molecule has 6 nitrogen and oxygen atoms in total. The van der Waals surface area contributed by atoms with E-state index in [2.05, 4.69) is 4.98 Å². The monoisotopic (exact) mass is 478 g/mol. The fourth-order valence-electron chi connectivity index (χ4n) is 3.65. The van der Waals surface area contributed by atoms with Crippen LogP contribution in [-0.2, 0) is 9.59 Å². The van der Waals surface area contributed by atoms with Crippen molar-refractivity contribution in [3.05, 3.63) is 98.7 Å². The van der Waals surface area contributed by atoms with Crippen LogP contribution in [0.25, 0.3) is 6.08 Å². The van der Waals surface area contributed by atoms with E-state index in [1.165, 1.54) is 17.9 Å². The Kier molecular flexibility index (Phi) is 6.26. The van der Waals surface area contributed by atoms with Gasteiger partial charge in [0.2, 0.25) is 0 Å². The zero-order chi connectivity index (χ0) is 23.7. The van der Waals surface area contributed by atoms with Crippen LogP contribution >= 0.6 is 22.9 Å². The summed E-state index contributed by atoms with van der Waals surface area (Å²) in [5.41, 5.74) is 1.79. The van der Waals surface area contributed by atoms with Gasteiger partial charge in [-0.2, -0.15) is 0 Å². The molecule has 0 bridgehead atoms. The molecule has 3 aromatic rings. The molecular weight excluding hydrogens is 460 g/mol. The fraction of sp³-hybridized carbons (Fsp3) is 0.120. The predicted octanol–water partition coefficient (Wildman–Crippen LogP) is 5.49. The largest absolute Gasteiger partial charge is 0.503 e. The highest BCUT2D eigenvalue weighted by atomic mass is 35.5. The second-order valence-electron chi connectivity index (χ2n) is 7.47. The van der Waals surface area contributed by atoms with Crippen LogP contribution < -0.4 is 4.90 Å². The van der Waals surface area contributed by atoms with Crippen molar-refractivity contribution in [2.75, 3.05) is 4.90 Å². The number of allylic oxidation sites excluding steroid dienone is 1. The van der Waals surface area contributed by atoms with Crippen LogP contribution in [0.5, 0.6) is 0 Å². The second kappa shape index (κ2) is 9.13. The lowest BCUT2D eigenvalue weighted by molar-refractivity contribution is -0.117. The molecule has 1 aromatic heterocycles. The number of thiazole rings is 1. The Labute approximate surface area is 199 Å². The first-order valence-corrected chi connectivity index (χ1v) is 11.3. The minimum Gasteiger partial charge on any atom is -0.503 e. The Morgan fingerprint density at radius 1 is 1.12 bits per heavy atom. The Bertz CT molecular complexity index is 1310. The molecule has 1 aliphatic rings. The highest BCUT2D eigenvalue weighted by molar-refractivity contribution is 7.17. The van der Waals surface area contributed by atoms with Crippen molar-refractivity contribution < 1.29 is 19.5 Å². The molecule has 1 aliphatic heterocycles. The van der Waals surface area contributed by atoms with Crippen LogP contribution in [0.4, 0.5) is 5.13 Å². The molecule has 1 amide bonds. The van der Waals surface area contributed by atoms with Crippen molar-refractivity contribution in [1.82, 2.24) is 4.98 Å². The Hall–Kier alpha value is -3.55. The number of hydrogen-bond donors (Lipinski definition) is 1. The number of nitrogens with zero attached hydrogens (tertiary/aromatic N) is 2. The number of carbonyl (C=O) groups is 3. The molecular formula is C25H19ClN2O4S. The van der Waals surface area contributed by atoms with Gasteiger partial charge in [-0.3, -0.25) is 19.3 Å². The molecule has 166 valence electrons. The molecule has 8 heteroatoms. The summed E-state index contributed by atoms with van der Waals surface area (Å²) in [5, 5.41) is 11.5. The summed E-state index contributed by atoms with van der Waals surface area (Å²) in [6.45, 7) is 3.10. The van der Waals surface area contributed by atoms with Gasteiger partial charge in [0.05, 0.1) is 22.2 Å². The summed E-state index contributed by atoms with van der Waals surface area (Å²) in [7, 11) is 0. The lowest BCUT2D eigenvalue weighted by Gasteiger charge is -2.24. The number of anilines is 1. The number of aliphatic hydroxyl groups is 1. The number of amides is 1. The number of aromatic nitrogens is 1. The molecule has 1 atom stereocenters. The molecule has 0 saturated heterocycles. The van der Waals surface area contributed by atoms with Gasteiger partial charge in [-0.1, -0.05) is 71.5 Å². The average molecular weight is 479 g/mol. The third kappa shape index (κ3) is 4.37. The van der Waals surface area contributed by atoms with Crippen LogP contribution in [-0.4, -0.2) is 27.6 Å². The number of hydrogen-bond acceptors (Lipinski definition) is 6. The van der Waals surface area contributed by atoms with E-state index in [4.69, 9.17) is 11.6 Å². The van der Waals surface area contributed by atoms with Crippen molar-refractivity contribution in [3.8, 4) is 0 Å². The van der Waals surface area contributed by atoms with Crippen LogP contribution in [0.3, 0.4) is 0 Å². The zero-order valence-electron chi connectivity index (χ0n) is 17.8. The topological polar surface area (TPSA) is 87.6 Å². The maximum absolute atomic E-state index is 13.2. The summed E-state index contributed by atoms with van der Waals surface area (Å²) in [6, 6.07) is 15.0. The number of carbonyl (C=O) groups excluding carboxylic acids is 3. The lowest BCUT2D eigenvalue weighted by atomic mass is 9.96. The Morgan fingerprint density at radius 3 is 2.39 bits per heavy atom. The summed E-state index contributed by atoms with van der Waals surface area (Å²) < 4.78 is 0. The second-order valence-corrected chi connectivity index (χ2v) is 8.88. The molecule has 4 rings (SSSR count). The normalized spacial score (nSPS) is 16.2. The van der Waals surface area contributed by atoms with E-state index in [9.17, 15) is 19.5 Å². The first-order chi connectivity index (χ1) is 15.8. The Morgan fingerprint density at radius 2 is 1.79 bits per heavy atom. The number of Topliss-reactive ketones (excluding diaryl/α,β-unsaturated/α-hetero) is 1. The number of halogens is 1. The van der Waals surface area contributed by atoms with E-state index in [-0.39, 0.29) is 16.5 Å². The molecule has 1 unspecified atom stereocenters. The predicted molar refractivity (Wildman–Crippen MR) is 129 cm³/mol. The van der Waals surface area contributed by atoms with Gasteiger partial charge >= 0.3 is 0 Å². The van der Waals surface area contributed by atoms with E-state index >= 15 is 0 Å². The smallest absolute Gasteiger partial charge is 0.296 e. The quantitative estimate of drug-likeness (QED) is 0.374. The third-order valence-electron chi connectivity index (χ3n) is 5.20. The summed E-state index contributed by atoms with van der Waals surface area (Å²) >= 11 is 7.08. The summed E-state index contributed by atoms with van der Waals surface area (Å²) in [6.07, 6.45) is 2.95. The van der Waals surface area contributed by atoms with Gasteiger partial charge in [0, 0.05) is 11.9 Å². The standard InChI is InChI=1S/C25H19ClN2O4S/c1-14-23(15(2)29)33-25(27-14)28-21(17-9-11-18(26)12-10-17)20(22(31)24(28)32)19(30)13-8-16-6-4-3-5-7-16/h3-13,21,31H,1-2H3/b13-8+. The van der Waals surface area contributed by atoms with E-state index < -0.39 is 23.5 Å². The average Bonchev–Trinajstić information content (AvgIpc) is 3.31. The Balaban J connectivity index is 1.80. The van der Waals surface area contributed by atoms with Crippen molar-refractivity contribution in [2.24, 2.45) is 0 Å². The zero-order valence-corrected chi connectivity index (χ0v) is 19.4. The highest BCUT2D eigenvalue weighted by Gasteiger charge is 2.45. The van der Waals surface area contributed by atoms with Gasteiger partial charge in [-0.05, 0) is 36.3 Å². The van der Waals surface area contributed by atoms with Gasteiger partial charge in [0.1, 0.15) is 0 Å². The van der Waals surface area contributed by atoms with E-state index in [1.54, 1.807) is 37.3 Å². The maximum Gasteiger partial charge on any atom is 0.296 e. The summed E-state index contributed by atoms with van der Waals surface area (Å²) in [5.74, 6) is -2.08. The van der Waals surface area contributed by atoms with Gasteiger partial charge in [0.25, 0.3) is 5.91 Å². The molecule has 0 aliphatic carbocycles. The number of rotatable bonds is 6. The summed E-state index contributed by atoms with van der Waals surface area (Å²) in [4.78, 5) is 44.3. The first-order valence-electron chi connectivity index (χ1n) is 10.1. The molecule has 0 fully saturated rings. The molecule has 1 N–H and O–H groups in total. The number of aliphatic hydroxyl groups excluding tert-OH is 1. The lowest BCUT2D eigenvalue weighted by Crippen LogP contribution is -2.30.